The average Bonchev–Trinajstić information content (AvgIpc) is 3.18. The van der Waals surface area contributed by atoms with Crippen molar-refractivity contribution in [1.29, 1.82) is 0 Å². The molecule has 1 aliphatic rings. The number of benzene rings is 3. The van der Waals surface area contributed by atoms with E-state index in [4.69, 9.17) is 18.9 Å². The Hall–Kier alpha value is -2.58. The molecule has 33 heavy (non-hydrogen) atoms. The summed E-state index contributed by atoms with van der Waals surface area (Å²) in [6.45, 7) is 0.655. The molecule has 0 amide bonds. The molecule has 0 unspecified atom stereocenters. The van der Waals surface area contributed by atoms with Crippen LogP contribution >= 0.6 is 0 Å². The lowest BCUT2D eigenvalue weighted by molar-refractivity contribution is -0.170. The first-order chi connectivity index (χ1) is 16.2. The summed E-state index contributed by atoms with van der Waals surface area (Å²) in [6.07, 6.45) is -3.94. The molecule has 0 bridgehead atoms. The number of hydrogen-bond acceptors (Lipinski definition) is 6. The van der Waals surface area contributed by atoms with Gasteiger partial charge in [-0.1, -0.05) is 91.0 Å². The first kappa shape index (κ1) is 23.6. The summed E-state index contributed by atoms with van der Waals surface area (Å²) >= 11 is 0. The number of ether oxygens (including phenoxy) is 4. The van der Waals surface area contributed by atoms with Crippen LogP contribution in [0.4, 0.5) is 0 Å². The maximum Gasteiger partial charge on any atom is 0.184 e. The summed E-state index contributed by atoms with van der Waals surface area (Å²) in [4.78, 5) is 0. The third kappa shape index (κ3) is 6.48. The lowest BCUT2D eigenvalue weighted by atomic mass is 10.1. The van der Waals surface area contributed by atoms with Crippen molar-refractivity contribution in [2.45, 2.75) is 50.5 Å². The number of rotatable bonds is 11. The van der Waals surface area contributed by atoms with Gasteiger partial charge in [-0.2, -0.15) is 0 Å². The Labute approximate surface area is 194 Å². The molecule has 0 saturated carbocycles. The highest BCUT2D eigenvalue weighted by molar-refractivity contribution is 5.15. The van der Waals surface area contributed by atoms with Gasteiger partial charge < -0.3 is 29.2 Å². The van der Waals surface area contributed by atoms with Gasteiger partial charge in [-0.05, 0) is 16.7 Å². The first-order valence-electron chi connectivity index (χ1n) is 11.2. The predicted molar refractivity (Wildman–Crippen MR) is 123 cm³/mol. The SMILES string of the molecule is OC[C@H](OCc1ccccc1)[C@H]1O[C@@H](O)[C@@H](OCc2ccccc2)[C@H]1OCc1ccccc1. The zero-order chi connectivity index (χ0) is 22.9. The fourth-order valence-corrected chi connectivity index (χ4v) is 3.89. The van der Waals surface area contributed by atoms with Gasteiger partial charge in [0.25, 0.3) is 0 Å². The first-order valence-corrected chi connectivity index (χ1v) is 11.2. The molecule has 0 aromatic heterocycles. The van der Waals surface area contributed by atoms with E-state index < -0.39 is 30.7 Å². The minimum absolute atomic E-state index is 0.277. The second-order valence-electron chi connectivity index (χ2n) is 8.03. The Morgan fingerprint density at radius 3 is 1.61 bits per heavy atom. The van der Waals surface area contributed by atoms with Gasteiger partial charge in [-0.15, -0.1) is 0 Å². The van der Waals surface area contributed by atoms with E-state index in [0.29, 0.717) is 19.8 Å². The molecule has 1 saturated heterocycles. The van der Waals surface area contributed by atoms with E-state index in [1.807, 2.05) is 91.0 Å². The van der Waals surface area contributed by atoms with Crippen LogP contribution in [0.2, 0.25) is 0 Å². The van der Waals surface area contributed by atoms with Gasteiger partial charge in [0.05, 0.1) is 26.4 Å². The van der Waals surface area contributed by atoms with Gasteiger partial charge in [0, 0.05) is 0 Å². The van der Waals surface area contributed by atoms with Crippen molar-refractivity contribution in [2.75, 3.05) is 6.61 Å². The second kappa shape index (κ2) is 12.0. The number of hydrogen-bond donors (Lipinski definition) is 2. The van der Waals surface area contributed by atoms with Crippen molar-refractivity contribution in [3.05, 3.63) is 108 Å². The third-order valence-electron chi connectivity index (χ3n) is 5.65. The Morgan fingerprint density at radius 1 is 0.667 bits per heavy atom. The normalized spacial score (nSPS) is 23.5. The van der Waals surface area contributed by atoms with Gasteiger partial charge >= 0.3 is 0 Å². The third-order valence-corrected chi connectivity index (χ3v) is 5.65. The van der Waals surface area contributed by atoms with Gasteiger partial charge in [0.15, 0.2) is 6.29 Å². The van der Waals surface area contributed by atoms with E-state index in [2.05, 4.69) is 0 Å². The Kier molecular flexibility index (Phi) is 8.60. The van der Waals surface area contributed by atoms with E-state index in [9.17, 15) is 10.2 Å². The molecule has 6 nitrogen and oxygen atoms in total. The number of aliphatic hydroxyl groups excluding tert-OH is 2. The molecular formula is C27H30O6. The molecule has 174 valence electrons. The van der Waals surface area contributed by atoms with Crippen LogP contribution in [-0.4, -0.2) is 47.5 Å². The summed E-state index contributed by atoms with van der Waals surface area (Å²) < 4.78 is 24.1. The molecule has 3 aromatic rings. The maximum absolute atomic E-state index is 10.7. The Bertz CT molecular complexity index is 937. The summed E-state index contributed by atoms with van der Waals surface area (Å²) in [7, 11) is 0. The Morgan fingerprint density at radius 2 is 1.12 bits per heavy atom. The van der Waals surface area contributed by atoms with Crippen LogP contribution in [-0.2, 0) is 38.8 Å². The standard InChI is InChI=1S/C27H30O6/c28-16-23(30-17-20-10-4-1-5-11-20)24-25(31-18-21-12-6-2-7-13-21)26(27(29)33-24)32-19-22-14-8-3-9-15-22/h1-15,23-29H,16-19H2/t23-,24+,25-,26-,27+/m0/s1. The molecule has 1 fully saturated rings. The van der Waals surface area contributed by atoms with Crippen LogP contribution in [0.3, 0.4) is 0 Å². The predicted octanol–water partition coefficient (Wildman–Crippen LogP) is 3.45. The largest absolute Gasteiger partial charge is 0.394 e. The lowest BCUT2D eigenvalue weighted by Crippen LogP contribution is -2.44. The molecule has 1 heterocycles. The van der Waals surface area contributed by atoms with E-state index >= 15 is 0 Å². The van der Waals surface area contributed by atoms with Crippen LogP contribution in [0, 0.1) is 0 Å². The van der Waals surface area contributed by atoms with Crippen molar-refractivity contribution >= 4 is 0 Å². The summed E-state index contributed by atoms with van der Waals surface area (Å²) in [6, 6.07) is 29.2. The fourth-order valence-electron chi connectivity index (χ4n) is 3.89. The monoisotopic (exact) mass is 450 g/mol. The van der Waals surface area contributed by atoms with Gasteiger partial charge in [-0.25, -0.2) is 0 Å². The highest BCUT2D eigenvalue weighted by Crippen LogP contribution is 2.30. The van der Waals surface area contributed by atoms with Crippen LogP contribution in [0.15, 0.2) is 91.0 Å². The van der Waals surface area contributed by atoms with Crippen molar-refractivity contribution < 1.29 is 29.2 Å². The van der Waals surface area contributed by atoms with Crippen LogP contribution < -0.4 is 0 Å². The topological polar surface area (TPSA) is 77.4 Å². The van der Waals surface area contributed by atoms with Crippen molar-refractivity contribution in [3.8, 4) is 0 Å². The van der Waals surface area contributed by atoms with Crippen molar-refractivity contribution in [2.24, 2.45) is 0 Å². The van der Waals surface area contributed by atoms with Crippen molar-refractivity contribution in [1.82, 2.24) is 0 Å². The summed E-state index contributed by atoms with van der Waals surface area (Å²) in [5, 5.41) is 20.7. The second-order valence-corrected chi connectivity index (χ2v) is 8.03. The van der Waals surface area contributed by atoms with Gasteiger partial charge in [0.2, 0.25) is 0 Å². The highest BCUT2D eigenvalue weighted by Gasteiger charge is 2.49. The van der Waals surface area contributed by atoms with Gasteiger partial charge in [0.1, 0.15) is 24.4 Å². The molecule has 3 aromatic carbocycles. The van der Waals surface area contributed by atoms with Crippen molar-refractivity contribution in [3.63, 3.8) is 0 Å². The molecule has 0 spiro atoms. The quantitative estimate of drug-likeness (QED) is 0.466. The molecule has 1 aliphatic heterocycles. The molecule has 0 radical (unpaired) electrons. The van der Waals surface area contributed by atoms with Crippen LogP contribution in [0.25, 0.3) is 0 Å². The lowest BCUT2D eigenvalue weighted by Gasteiger charge is -2.28. The zero-order valence-electron chi connectivity index (χ0n) is 18.4. The molecule has 2 N–H and O–H groups in total. The van der Waals surface area contributed by atoms with E-state index in [0.717, 1.165) is 16.7 Å². The minimum Gasteiger partial charge on any atom is -0.394 e. The zero-order valence-corrected chi connectivity index (χ0v) is 18.4. The molecular weight excluding hydrogens is 420 g/mol. The highest BCUT2D eigenvalue weighted by atomic mass is 16.7. The van der Waals surface area contributed by atoms with E-state index in [1.54, 1.807) is 0 Å². The Balaban J connectivity index is 1.47. The maximum atomic E-state index is 10.7. The molecule has 5 atom stereocenters. The number of aliphatic hydroxyl groups is 2. The summed E-state index contributed by atoms with van der Waals surface area (Å²) in [5.74, 6) is 0. The molecule has 0 aliphatic carbocycles. The van der Waals surface area contributed by atoms with E-state index in [1.165, 1.54) is 0 Å². The minimum atomic E-state index is -1.20. The smallest absolute Gasteiger partial charge is 0.184 e. The van der Waals surface area contributed by atoms with Crippen LogP contribution in [0.1, 0.15) is 16.7 Å². The molecule has 4 rings (SSSR count). The van der Waals surface area contributed by atoms with E-state index in [-0.39, 0.29) is 6.61 Å². The molecule has 6 heteroatoms. The average molecular weight is 451 g/mol. The van der Waals surface area contributed by atoms with Gasteiger partial charge in [-0.3, -0.25) is 0 Å². The fraction of sp³-hybridized carbons (Fsp3) is 0.333. The van der Waals surface area contributed by atoms with Crippen LogP contribution in [0.5, 0.6) is 0 Å². The summed E-state index contributed by atoms with van der Waals surface area (Å²) in [5.41, 5.74) is 2.95.